The van der Waals surface area contributed by atoms with Crippen LogP contribution in [0.1, 0.15) is 32.4 Å². The number of hydrogen-bond donors (Lipinski definition) is 1. The Hall–Kier alpha value is -1.88. The largest absolute Gasteiger partial charge is 0.383 e. The number of piperazine rings is 1. The van der Waals surface area contributed by atoms with Crippen LogP contribution in [0.25, 0.3) is 5.65 Å². The number of methoxy groups -OCH3 is 1. The maximum Gasteiger partial charge on any atom is 0.209 e. The number of amides is 1. The van der Waals surface area contributed by atoms with E-state index in [2.05, 4.69) is 50.1 Å². The molecule has 2 aromatic rings. The first-order valence-electron chi connectivity index (χ1n) is 12.0. The molecule has 1 aliphatic heterocycles. The van der Waals surface area contributed by atoms with Crippen molar-refractivity contribution in [1.29, 1.82) is 0 Å². The number of fused-ring (bicyclic) bond motifs is 1. The number of likely N-dealkylation sites (N-methyl/N-ethyl adjacent to an activating group) is 2. The highest BCUT2D eigenvalue weighted by Gasteiger charge is 2.43. The quantitative estimate of drug-likeness (QED) is 0.422. The molecule has 0 radical (unpaired) electrons. The molecule has 1 amide bonds. The minimum Gasteiger partial charge on any atom is -0.383 e. The molecule has 1 N–H and O–H groups in total. The molecule has 0 bridgehead atoms. The van der Waals surface area contributed by atoms with Crippen molar-refractivity contribution in [3.05, 3.63) is 24.2 Å². The molecule has 1 saturated carbocycles. The van der Waals surface area contributed by atoms with Gasteiger partial charge in [0.2, 0.25) is 6.41 Å². The molecule has 0 unspecified atom stereocenters. The van der Waals surface area contributed by atoms with Crippen LogP contribution in [0.15, 0.2) is 23.4 Å². The summed E-state index contributed by atoms with van der Waals surface area (Å²) in [6.07, 6.45) is 6.64. The molecule has 1 saturated heterocycles. The summed E-state index contributed by atoms with van der Waals surface area (Å²) in [6, 6.07) is 2.19. The number of alkyl halides is 1. The summed E-state index contributed by atoms with van der Waals surface area (Å²) in [5.41, 5.74) is 3.01. The summed E-state index contributed by atoms with van der Waals surface area (Å²) < 4.78 is 23.3. The van der Waals surface area contributed by atoms with Gasteiger partial charge in [-0.25, -0.2) is 9.37 Å². The first-order valence-corrected chi connectivity index (χ1v) is 12.8. The molecule has 0 aromatic carbocycles. The highest BCUT2D eigenvalue weighted by molar-refractivity contribution is 7.97. The lowest BCUT2D eigenvalue weighted by atomic mass is 10.2. The third-order valence-electron chi connectivity index (χ3n) is 5.91. The first kappa shape index (κ1) is 28.4. The first-order chi connectivity index (χ1) is 16.4. The van der Waals surface area contributed by atoms with Gasteiger partial charge in [0.1, 0.15) is 6.67 Å². The molecule has 0 atom stereocenters. The lowest BCUT2D eigenvalue weighted by Gasteiger charge is -2.34. The average Bonchev–Trinajstić information content (AvgIpc) is 3.58. The predicted molar refractivity (Wildman–Crippen MR) is 138 cm³/mol. The van der Waals surface area contributed by atoms with Gasteiger partial charge < -0.3 is 23.8 Å². The number of rotatable bonds is 9. The molecule has 8 nitrogen and oxygen atoms in total. The lowest BCUT2D eigenvalue weighted by molar-refractivity contribution is -0.117. The van der Waals surface area contributed by atoms with E-state index in [0.29, 0.717) is 13.2 Å². The topological polar surface area (TPSA) is 65.4 Å². The molecule has 3 heterocycles. The number of aryl methyl sites for hydroxylation is 1. The zero-order chi connectivity index (χ0) is 25.1. The van der Waals surface area contributed by atoms with Gasteiger partial charge in [-0.15, -0.1) is 0 Å². The Bertz CT molecular complexity index is 884. The van der Waals surface area contributed by atoms with Crippen molar-refractivity contribution >= 4 is 29.7 Å². The number of nitrogens with zero attached hydrogens (tertiary/aromatic N) is 5. The third kappa shape index (κ3) is 7.83. The number of anilines is 1. The molecule has 34 heavy (non-hydrogen) atoms. The summed E-state index contributed by atoms with van der Waals surface area (Å²) >= 11 is 1.54. The number of halogens is 1. The Morgan fingerprint density at radius 2 is 1.97 bits per heavy atom. The van der Waals surface area contributed by atoms with Crippen LogP contribution in [0, 0.1) is 6.92 Å². The molecular formula is C24H41FN6O2S. The summed E-state index contributed by atoms with van der Waals surface area (Å²) in [6.45, 7) is 11.2. The summed E-state index contributed by atoms with van der Waals surface area (Å²) in [5, 5.41) is 0. The van der Waals surface area contributed by atoms with Crippen molar-refractivity contribution in [1.82, 2.24) is 23.9 Å². The second kappa shape index (κ2) is 13.9. The highest BCUT2D eigenvalue weighted by atomic mass is 32.2. The van der Waals surface area contributed by atoms with Crippen molar-refractivity contribution in [2.45, 2.75) is 44.0 Å². The molecule has 2 fully saturated rings. The number of nitrogens with one attached hydrogen (secondary N) is 1. The second-order valence-corrected chi connectivity index (χ2v) is 9.52. The Balaban J connectivity index is 0.000000350. The van der Waals surface area contributed by atoms with Crippen molar-refractivity contribution in [3.63, 3.8) is 0 Å². The maximum atomic E-state index is 13.1. The summed E-state index contributed by atoms with van der Waals surface area (Å²) in [4.78, 5) is 21.9. The van der Waals surface area contributed by atoms with Crippen LogP contribution >= 0.6 is 11.9 Å². The highest BCUT2D eigenvalue weighted by Crippen LogP contribution is 2.39. The standard InChI is InChI=1S/C17H24FN5S.C5H11NO2.C2H6/c1-13-10-19-16-15(22-7-5-21(2)6-8-22)9-14(11-23(13)16)24-20-17(12-18)3-4-17;1-6(5-7)3-4-8-2;1-2/h9-11,20H,3-8,12H2,1-2H3;5H,3-4H2,1-2H3;1-2H3. The van der Waals surface area contributed by atoms with E-state index in [4.69, 9.17) is 4.74 Å². The van der Waals surface area contributed by atoms with Gasteiger partial charge in [0, 0.05) is 69.9 Å². The van der Waals surface area contributed by atoms with Crippen LogP contribution in [0.4, 0.5) is 10.1 Å². The monoisotopic (exact) mass is 496 g/mol. The Labute approximate surface area is 208 Å². The SMILES string of the molecule is CC.COCCN(C)C=O.Cc1cnc2c(N3CCN(C)CC3)cc(SNC3(CF)CC3)cn12. The molecule has 4 rings (SSSR count). The third-order valence-corrected chi connectivity index (χ3v) is 6.91. The van der Waals surface area contributed by atoms with E-state index in [0.717, 1.165) is 61.7 Å². The van der Waals surface area contributed by atoms with E-state index in [-0.39, 0.29) is 12.2 Å². The molecule has 2 aromatic heterocycles. The fourth-order valence-electron chi connectivity index (χ4n) is 3.37. The van der Waals surface area contributed by atoms with E-state index < -0.39 is 0 Å². The zero-order valence-corrected chi connectivity index (χ0v) is 22.3. The van der Waals surface area contributed by atoms with Crippen LogP contribution < -0.4 is 9.62 Å². The van der Waals surface area contributed by atoms with Crippen LogP contribution in [0.2, 0.25) is 0 Å². The van der Waals surface area contributed by atoms with Crippen LogP contribution in [-0.2, 0) is 9.53 Å². The van der Waals surface area contributed by atoms with Gasteiger partial charge in [0.25, 0.3) is 0 Å². The van der Waals surface area contributed by atoms with E-state index in [1.165, 1.54) is 10.6 Å². The van der Waals surface area contributed by atoms with Crippen LogP contribution in [0.5, 0.6) is 0 Å². The number of carbonyl (C=O) groups is 1. The second-order valence-electron chi connectivity index (χ2n) is 8.64. The number of aromatic nitrogens is 2. The fourth-order valence-corrected chi connectivity index (χ4v) is 4.29. The van der Waals surface area contributed by atoms with Gasteiger partial charge in [-0.05, 0) is 44.8 Å². The number of carbonyl (C=O) groups excluding carboxylic acids is 1. The van der Waals surface area contributed by atoms with E-state index in [9.17, 15) is 9.18 Å². The minimum absolute atomic E-state index is 0.294. The van der Waals surface area contributed by atoms with Crippen molar-refractivity contribution < 1.29 is 13.9 Å². The summed E-state index contributed by atoms with van der Waals surface area (Å²) in [7, 11) is 5.49. The number of hydrogen-bond acceptors (Lipinski definition) is 7. The summed E-state index contributed by atoms with van der Waals surface area (Å²) in [5.74, 6) is 0. The van der Waals surface area contributed by atoms with Crippen molar-refractivity contribution in [3.8, 4) is 0 Å². The molecule has 0 spiro atoms. The van der Waals surface area contributed by atoms with Gasteiger partial charge in [0.05, 0.1) is 17.8 Å². The normalized spacial score (nSPS) is 16.9. The van der Waals surface area contributed by atoms with Gasteiger partial charge in [-0.2, -0.15) is 0 Å². The maximum absolute atomic E-state index is 13.1. The minimum atomic E-state index is -0.294. The van der Waals surface area contributed by atoms with E-state index in [1.807, 2.05) is 20.0 Å². The Morgan fingerprint density at radius 3 is 2.53 bits per heavy atom. The fraction of sp³-hybridized carbons (Fsp3) is 0.667. The molecule has 1 aliphatic carbocycles. The molecule has 10 heteroatoms. The van der Waals surface area contributed by atoms with Gasteiger partial charge >= 0.3 is 0 Å². The van der Waals surface area contributed by atoms with E-state index >= 15 is 0 Å². The Morgan fingerprint density at radius 1 is 1.29 bits per heavy atom. The number of imidazole rings is 1. The number of ether oxygens (including phenoxy) is 1. The number of pyridine rings is 1. The van der Waals surface area contributed by atoms with Crippen LogP contribution in [0.3, 0.4) is 0 Å². The molecular weight excluding hydrogens is 455 g/mol. The zero-order valence-electron chi connectivity index (χ0n) is 21.5. The smallest absolute Gasteiger partial charge is 0.209 e. The van der Waals surface area contributed by atoms with Crippen molar-refractivity contribution in [2.24, 2.45) is 0 Å². The molecule has 192 valence electrons. The molecule has 2 aliphatic rings. The van der Waals surface area contributed by atoms with Crippen molar-refractivity contribution in [2.75, 3.05) is 72.1 Å². The predicted octanol–water partition coefficient (Wildman–Crippen LogP) is 3.24. The van der Waals surface area contributed by atoms with Gasteiger partial charge in [-0.1, -0.05) is 13.8 Å². The Kier molecular flexibility index (Phi) is 11.6. The van der Waals surface area contributed by atoms with Crippen LogP contribution in [-0.4, -0.2) is 98.3 Å². The van der Waals surface area contributed by atoms with Gasteiger partial charge in [0.15, 0.2) is 5.65 Å². The average molecular weight is 497 g/mol. The lowest BCUT2D eigenvalue weighted by Crippen LogP contribution is -2.44. The van der Waals surface area contributed by atoms with Gasteiger partial charge in [-0.3, -0.25) is 9.52 Å². The van der Waals surface area contributed by atoms with E-state index in [1.54, 1.807) is 26.1 Å².